The van der Waals surface area contributed by atoms with Crippen molar-refractivity contribution in [3.05, 3.63) is 11.8 Å². The Morgan fingerprint density at radius 2 is 1.79 bits per heavy atom. The Morgan fingerprint density at radius 3 is 2.47 bits per heavy atom. The molecule has 3 rings (SSSR count). The zero-order valence-electron chi connectivity index (χ0n) is 11.9. The highest BCUT2D eigenvalue weighted by atomic mass is 15.3. The maximum atomic E-state index is 4.86. The first-order chi connectivity index (χ1) is 9.36. The number of nitrogens with zero attached hydrogens (tertiary/aromatic N) is 3. The van der Waals surface area contributed by atoms with E-state index in [1.807, 2.05) is 7.05 Å². The molecule has 0 aromatic carbocycles. The summed E-state index contributed by atoms with van der Waals surface area (Å²) in [6, 6.07) is 2.14. The lowest BCUT2D eigenvalue weighted by Gasteiger charge is -2.27. The molecule has 19 heavy (non-hydrogen) atoms. The van der Waals surface area contributed by atoms with E-state index in [-0.39, 0.29) is 0 Å². The first-order valence-electron chi connectivity index (χ1n) is 7.68. The van der Waals surface area contributed by atoms with Crippen LogP contribution in [0.2, 0.25) is 0 Å². The van der Waals surface area contributed by atoms with Crippen molar-refractivity contribution in [2.24, 2.45) is 0 Å². The molecule has 2 aliphatic rings. The monoisotopic (exact) mass is 260 g/mol. The number of anilines is 2. The Labute approximate surface area is 115 Å². The van der Waals surface area contributed by atoms with E-state index in [9.17, 15) is 0 Å². The van der Waals surface area contributed by atoms with Crippen molar-refractivity contribution in [1.82, 2.24) is 9.97 Å². The summed E-state index contributed by atoms with van der Waals surface area (Å²) in [6.07, 6.45) is 9.17. The first kappa shape index (κ1) is 12.7. The highest BCUT2D eigenvalue weighted by molar-refractivity contribution is 5.44. The lowest BCUT2D eigenvalue weighted by Crippen LogP contribution is -2.31. The average molecular weight is 260 g/mol. The van der Waals surface area contributed by atoms with Gasteiger partial charge >= 0.3 is 0 Å². The lowest BCUT2D eigenvalue weighted by molar-refractivity contribution is 0.565. The molecule has 2 heterocycles. The molecule has 104 valence electrons. The molecule has 0 radical (unpaired) electrons. The Hall–Kier alpha value is -1.32. The largest absolute Gasteiger partial charge is 0.373 e. The number of aromatic nitrogens is 2. The van der Waals surface area contributed by atoms with E-state index in [2.05, 4.69) is 21.3 Å². The molecular weight excluding hydrogens is 236 g/mol. The molecule has 1 saturated heterocycles. The van der Waals surface area contributed by atoms with Gasteiger partial charge in [-0.25, -0.2) is 4.98 Å². The molecule has 1 N–H and O–H groups in total. The fourth-order valence-corrected chi connectivity index (χ4v) is 3.25. The van der Waals surface area contributed by atoms with Crippen molar-refractivity contribution < 1.29 is 0 Å². The van der Waals surface area contributed by atoms with E-state index >= 15 is 0 Å². The van der Waals surface area contributed by atoms with Crippen molar-refractivity contribution in [1.29, 1.82) is 0 Å². The second-order valence-corrected chi connectivity index (χ2v) is 5.76. The fourth-order valence-electron chi connectivity index (χ4n) is 3.25. The van der Waals surface area contributed by atoms with Gasteiger partial charge in [-0.3, -0.25) is 0 Å². The molecule has 0 spiro atoms. The van der Waals surface area contributed by atoms with E-state index in [1.165, 1.54) is 50.6 Å². The van der Waals surface area contributed by atoms with Gasteiger partial charge in [0.1, 0.15) is 5.82 Å². The van der Waals surface area contributed by atoms with Crippen LogP contribution in [0.3, 0.4) is 0 Å². The maximum Gasteiger partial charge on any atom is 0.227 e. The van der Waals surface area contributed by atoms with Gasteiger partial charge in [0.25, 0.3) is 0 Å². The van der Waals surface area contributed by atoms with Crippen molar-refractivity contribution >= 4 is 11.8 Å². The van der Waals surface area contributed by atoms with Gasteiger partial charge in [0.15, 0.2) is 0 Å². The normalized spacial score (nSPS) is 20.8. The number of rotatable bonds is 3. The number of hydrogen-bond donors (Lipinski definition) is 1. The molecule has 1 aliphatic carbocycles. The van der Waals surface area contributed by atoms with Gasteiger partial charge in [0.2, 0.25) is 5.95 Å². The van der Waals surface area contributed by atoms with E-state index in [4.69, 9.17) is 4.98 Å². The topological polar surface area (TPSA) is 41.1 Å². The molecule has 0 unspecified atom stereocenters. The van der Waals surface area contributed by atoms with Gasteiger partial charge in [-0.1, -0.05) is 12.8 Å². The number of hydrogen-bond acceptors (Lipinski definition) is 4. The molecule has 4 nitrogen and oxygen atoms in total. The third-order valence-electron chi connectivity index (χ3n) is 4.40. The van der Waals surface area contributed by atoms with Gasteiger partial charge < -0.3 is 10.2 Å². The minimum Gasteiger partial charge on any atom is -0.373 e. The zero-order chi connectivity index (χ0) is 13.1. The molecule has 0 bridgehead atoms. The summed E-state index contributed by atoms with van der Waals surface area (Å²) in [5.41, 5.74) is 1.25. The van der Waals surface area contributed by atoms with Crippen molar-refractivity contribution in [3.8, 4) is 0 Å². The van der Waals surface area contributed by atoms with Crippen LogP contribution in [-0.4, -0.2) is 30.1 Å². The van der Waals surface area contributed by atoms with Crippen LogP contribution >= 0.6 is 0 Å². The molecule has 1 aliphatic heterocycles. The number of piperidine rings is 1. The summed E-state index contributed by atoms with van der Waals surface area (Å²) >= 11 is 0. The van der Waals surface area contributed by atoms with Gasteiger partial charge in [0.05, 0.1) is 5.69 Å². The average Bonchev–Trinajstić information content (AvgIpc) is 3.02. The van der Waals surface area contributed by atoms with Crippen LogP contribution in [0.1, 0.15) is 56.6 Å². The Kier molecular flexibility index (Phi) is 3.85. The lowest BCUT2D eigenvalue weighted by atomic mass is 10.0. The summed E-state index contributed by atoms with van der Waals surface area (Å²) in [5.74, 6) is 2.56. The van der Waals surface area contributed by atoms with Crippen LogP contribution in [0.25, 0.3) is 0 Å². The standard InChI is InChI=1S/C15H24N4/c1-16-14-11-13(12-7-3-4-8-12)17-15(18-14)19-9-5-2-6-10-19/h11-12H,2-10H2,1H3,(H,16,17,18). The van der Waals surface area contributed by atoms with E-state index in [0.29, 0.717) is 5.92 Å². The highest BCUT2D eigenvalue weighted by Crippen LogP contribution is 2.34. The summed E-state index contributed by atoms with van der Waals surface area (Å²) in [5, 5.41) is 3.19. The van der Waals surface area contributed by atoms with E-state index in [1.54, 1.807) is 0 Å². The second kappa shape index (κ2) is 5.76. The van der Waals surface area contributed by atoms with Gasteiger partial charge in [-0.15, -0.1) is 0 Å². The quantitative estimate of drug-likeness (QED) is 0.906. The molecule has 1 aromatic rings. The second-order valence-electron chi connectivity index (χ2n) is 5.76. The van der Waals surface area contributed by atoms with Crippen LogP contribution in [0.5, 0.6) is 0 Å². The summed E-state index contributed by atoms with van der Waals surface area (Å²) in [4.78, 5) is 11.9. The molecule has 1 aromatic heterocycles. The smallest absolute Gasteiger partial charge is 0.227 e. The summed E-state index contributed by atoms with van der Waals surface area (Å²) in [7, 11) is 1.95. The minimum atomic E-state index is 0.652. The van der Waals surface area contributed by atoms with E-state index in [0.717, 1.165) is 24.9 Å². The molecule has 2 fully saturated rings. The summed E-state index contributed by atoms with van der Waals surface area (Å²) < 4.78 is 0. The number of nitrogens with one attached hydrogen (secondary N) is 1. The van der Waals surface area contributed by atoms with Crippen molar-refractivity contribution in [2.45, 2.75) is 50.9 Å². The Bertz CT molecular complexity index is 420. The van der Waals surface area contributed by atoms with E-state index < -0.39 is 0 Å². The first-order valence-corrected chi connectivity index (χ1v) is 7.68. The predicted octanol–water partition coefficient (Wildman–Crippen LogP) is 3.17. The van der Waals surface area contributed by atoms with Crippen molar-refractivity contribution in [2.75, 3.05) is 30.4 Å². The van der Waals surface area contributed by atoms with Crippen LogP contribution in [0.4, 0.5) is 11.8 Å². The predicted molar refractivity (Wildman–Crippen MR) is 78.9 cm³/mol. The van der Waals surface area contributed by atoms with Crippen LogP contribution in [-0.2, 0) is 0 Å². The van der Waals surface area contributed by atoms with Crippen molar-refractivity contribution in [3.63, 3.8) is 0 Å². The van der Waals surface area contributed by atoms with Gasteiger partial charge in [-0.2, -0.15) is 4.98 Å². The Morgan fingerprint density at radius 1 is 1.05 bits per heavy atom. The third kappa shape index (κ3) is 2.82. The van der Waals surface area contributed by atoms with Crippen LogP contribution < -0.4 is 10.2 Å². The molecule has 0 amide bonds. The third-order valence-corrected chi connectivity index (χ3v) is 4.40. The molecule has 4 heteroatoms. The van der Waals surface area contributed by atoms with Gasteiger partial charge in [0, 0.05) is 32.1 Å². The fraction of sp³-hybridized carbons (Fsp3) is 0.733. The maximum absolute atomic E-state index is 4.86. The van der Waals surface area contributed by atoms with Crippen LogP contribution in [0.15, 0.2) is 6.07 Å². The molecule has 0 atom stereocenters. The van der Waals surface area contributed by atoms with Gasteiger partial charge in [-0.05, 0) is 32.1 Å². The SMILES string of the molecule is CNc1cc(C2CCCC2)nc(N2CCCCC2)n1. The Balaban J connectivity index is 1.87. The van der Waals surface area contributed by atoms with Crippen LogP contribution in [0, 0.1) is 0 Å². The minimum absolute atomic E-state index is 0.652. The molecular formula is C15H24N4. The summed E-state index contributed by atoms with van der Waals surface area (Å²) in [6.45, 7) is 2.22. The highest BCUT2D eigenvalue weighted by Gasteiger charge is 2.21. The zero-order valence-corrected chi connectivity index (χ0v) is 11.9. The molecule has 1 saturated carbocycles.